The van der Waals surface area contributed by atoms with Crippen LogP contribution < -0.4 is 15.4 Å². The summed E-state index contributed by atoms with van der Waals surface area (Å²) in [5.74, 6) is 0.0803. The molecular weight excluding hydrogens is 350 g/mol. The fourth-order valence-electron chi connectivity index (χ4n) is 2.52. The number of hydrogen-bond acceptors (Lipinski definition) is 2. The third kappa shape index (κ3) is 5.54. The van der Waals surface area contributed by atoms with E-state index in [4.69, 9.17) is 0 Å². The molecule has 0 bridgehead atoms. The number of benzene rings is 3. The van der Waals surface area contributed by atoms with Crippen molar-refractivity contribution in [1.82, 2.24) is 5.32 Å². The number of halogens is 2. The quantitative estimate of drug-likeness (QED) is 0.622. The summed E-state index contributed by atoms with van der Waals surface area (Å²) in [4.78, 5) is 12.0. The Kier molecular flexibility index (Phi) is 5.99. The number of ether oxygens (including phenoxy) is 1. The number of amides is 2. The average molecular weight is 368 g/mol. The van der Waals surface area contributed by atoms with Gasteiger partial charge in [0.25, 0.3) is 0 Å². The second-order valence-corrected chi connectivity index (χ2v) is 5.77. The molecule has 0 unspecified atom stereocenters. The van der Waals surface area contributed by atoms with Crippen molar-refractivity contribution in [3.8, 4) is 16.9 Å². The molecule has 0 atom stereocenters. The molecule has 0 saturated carbocycles. The lowest BCUT2D eigenvalue weighted by atomic mass is 10.1. The smallest absolute Gasteiger partial charge is 0.387 e. The average Bonchev–Trinajstić information content (AvgIpc) is 2.68. The van der Waals surface area contributed by atoms with Crippen molar-refractivity contribution in [3.63, 3.8) is 0 Å². The van der Waals surface area contributed by atoms with Crippen LogP contribution in [0.2, 0.25) is 0 Å². The standard InChI is InChI=1S/C21H18F2N2O2/c22-20(23)27-19-12-6-15(7-13-19)14-24-21(26)25-18-10-8-17(9-11-18)16-4-2-1-3-5-16/h1-13,20H,14H2,(H2,24,25,26). The number of urea groups is 1. The summed E-state index contributed by atoms with van der Waals surface area (Å²) >= 11 is 0. The third-order valence-electron chi connectivity index (χ3n) is 3.85. The van der Waals surface area contributed by atoms with Crippen molar-refractivity contribution in [2.24, 2.45) is 0 Å². The maximum absolute atomic E-state index is 12.1. The van der Waals surface area contributed by atoms with E-state index in [1.165, 1.54) is 12.1 Å². The molecule has 2 N–H and O–H groups in total. The van der Waals surface area contributed by atoms with Crippen LogP contribution in [0.1, 0.15) is 5.56 Å². The van der Waals surface area contributed by atoms with E-state index < -0.39 is 6.61 Å². The molecule has 6 heteroatoms. The Morgan fingerprint density at radius 2 is 1.48 bits per heavy atom. The van der Waals surface area contributed by atoms with E-state index in [2.05, 4.69) is 15.4 Å². The van der Waals surface area contributed by atoms with E-state index in [9.17, 15) is 13.6 Å². The summed E-state index contributed by atoms with van der Waals surface area (Å²) in [5, 5.41) is 5.47. The molecule has 0 saturated heterocycles. The zero-order valence-corrected chi connectivity index (χ0v) is 14.4. The number of hydrogen-bond donors (Lipinski definition) is 2. The first-order valence-corrected chi connectivity index (χ1v) is 8.34. The predicted molar refractivity (Wildman–Crippen MR) is 101 cm³/mol. The van der Waals surface area contributed by atoms with Gasteiger partial charge in [-0.15, -0.1) is 0 Å². The monoisotopic (exact) mass is 368 g/mol. The van der Waals surface area contributed by atoms with Crippen LogP contribution in [-0.2, 0) is 6.54 Å². The molecule has 0 aromatic heterocycles. The predicted octanol–water partition coefficient (Wildman–Crippen LogP) is 5.28. The van der Waals surface area contributed by atoms with Crippen molar-refractivity contribution in [2.75, 3.05) is 5.32 Å². The molecule has 138 valence electrons. The summed E-state index contributed by atoms with van der Waals surface area (Å²) in [6, 6.07) is 23.2. The van der Waals surface area contributed by atoms with E-state index in [1.807, 2.05) is 54.6 Å². The van der Waals surface area contributed by atoms with Crippen LogP contribution in [0.4, 0.5) is 19.3 Å². The first-order valence-electron chi connectivity index (χ1n) is 8.34. The minimum absolute atomic E-state index is 0.0803. The van der Waals surface area contributed by atoms with E-state index in [-0.39, 0.29) is 18.3 Å². The topological polar surface area (TPSA) is 50.4 Å². The molecule has 3 rings (SSSR count). The molecule has 0 fully saturated rings. The lowest BCUT2D eigenvalue weighted by Gasteiger charge is -2.09. The minimum Gasteiger partial charge on any atom is -0.435 e. The van der Waals surface area contributed by atoms with Gasteiger partial charge in [0, 0.05) is 12.2 Å². The van der Waals surface area contributed by atoms with Crippen LogP contribution in [0, 0.1) is 0 Å². The molecule has 0 aliphatic heterocycles. The number of nitrogens with one attached hydrogen (secondary N) is 2. The van der Waals surface area contributed by atoms with Crippen LogP contribution in [0.3, 0.4) is 0 Å². The number of carbonyl (C=O) groups is 1. The van der Waals surface area contributed by atoms with Gasteiger partial charge in [0.1, 0.15) is 5.75 Å². The molecule has 27 heavy (non-hydrogen) atoms. The van der Waals surface area contributed by atoms with E-state index >= 15 is 0 Å². The zero-order valence-electron chi connectivity index (χ0n) is 14.4. The van der Waals surface area contributed by atoms with Gasteiger partial charge < -0.3 is 15.4 Å². The summed E-state index contributed by atoms with van der Waals surface area (Å²) in [5.41, 5.74) is 3.61. The fourth-order valence-corrected chi connectivity index (χ4v) is 2.52. The SMILES string of the molecule is O=C(NCc1ccc(OC(F)F)cc1)Nc1ccc(-c2ccccc2)cc1. The summed E-state index contributed by atoms with van der Waals surface area (Å²) in [6.45, 7) is -2.59. The van der Waals surface area contributed by atoms with E-state index in [1.54, 1.807) is 12.1 Å². The van der Waals surface area contributed by atoms with Gasteiger partial charge >= 0.3 is 12.6 Å². The van der Waals surface area contributed by atoms with Gasteiger partial charge in [0.2, 0.25) is 0 Å². The highest BCUT2D eigenvalue weighted by molar-refractivity contribution is 5.89. The lowest BCUT2D eigenvalue weighted by Crippen LogP contribution is -2.28. The number of rotatable bonds is 6. The highest BCUT2D eigenvalue weighted by Gasteiger charge is 2.05. The number of carbonyl (C=O) groups excluding carboxylic acids is 1. The highest BCUT2D eigenvalue weighted by atomic mass is 19.3. The summed E-state index contributed by atoms with van der Waals surface area (Å²) < 4.78 is 28.5. The van der Waals surface area contributed by atoms with Crippen molar-refractivity contribution in [1.29, 1.82) is 0 Å². The Hall–Kier alpha value is -3.41. The Morgan fingerprint density at radius 1 is 0.852 bits per heavy atom. The maximum atomic E-state index is 12.1. The second kappa shape index (κ2) is 8.80. The molecule has 0 heterocycles. The van der Waals surface area contributed by atoms with Crippen LogP contribution in [-0.4, -0.2) is 12.6 Å². The first-order chi connectivity index (χ1) is 13.1. The number of alkyl halides is 2. The minimum atomic E-state index is -2.85. The lowest BCUT2D eigenvalue weighted by molar-refractivity contribution is -0.0498. The van der Waals surface area contributed by atoms with Crippen molar-refractivity contribution in [3.05, 3.63) is 84.4 Å². The van der Waals surface area contributed by atoms with Crippen molar-refractivity contribution in [2.45, 2.75) is 13.2 Å². The van der Waals surface area contributed by atoms with Gasteiger partial charge in [-0.05, 0) is 41.0 Å². The highest BCUT2D eigenvalue weighted by Crippen LogP contribution is 2.21. The first kappa shape index (κ1) is 18.4. The molecule has 4 nitrogen and oxygen atoms in total. The van der Waals surface area contributed by atoms with Gasteiger partial charge in [-0.1, -0.05) is 54.6 Å². The molecule has 0 aliphatic rings. The second-order valence-electron chi connectivity index (χ2n) is 5.77. The summed E-state index contributed by atoms with van der Waals surface area (Å²) in [6.07, 6.45) is 0. The van der Waals surface area contributed by atoms with Gasteiger partial charge in [0.05, 0.1) is 0 Å². The normalized spacial score (nSPS) is 10.5. The van der Waals surface area contributed by atoms with Gasteiger partial charge in [0.15, 0.2) is 0 Å². The van der Waals surface area contributed by atoms with Gasteiger partial charge in [-0.2, -0.15) is 8.78 Å². The zero-order chi connectivity index (χ0) is 19.1. The Bertz CT molecular complexity index is 867. The molecule has 0 radical (unpaired) electrons. The molecular formula is C21H18F2N2O2. The molecule has 2 amide bonds. The molecule has 0 spiro atoms. The number of anilines is 1. The molecule has 3 aromatic carbocycles. The van der Waals surface area contributed by atoms with Gasteiger partial charge in [-0.25, -0.2) is 4.79 Å². The Labute approximate surface area is 155 Å². The van der Waals surface area contributed by atoms with Crippen molar-refractivity contribution < 1.29 is 18.3 Å². The largest absolute Gasteiger partial charge is 0.435 e. The molecule has 0 aliphatic carbocycles. The summed E-state index contributed by atoms with van der Waals surface area (Å²) in [7, 11) is 0. The van der Waals surface area contributed by atoms with Crippen LogP contribution in [0.15, 0.2) is 78.9 Å². The van der Waals surface area contributed by atoms with Crippen molar-refractivity contribution >= 4 is 11.7 Å². The van der Waals surface area contributed by atoms with Crippen LogP contribution in [0.25, 0.3) is 11.1 Å². The molecule has 3 aromatic rings. The van der Waals surface area contributed by atoms with Gasteiger partial charge in [-0.3, -0.25) is 0 Å². The van der Waals surface area contributed by atoms with Crippen LogP contribution in [0.5, 0.6) is 5.75 Å². The maximum Gasteiger partial charge on any atom is 0.387 e. The van der Waals surface area contributed by atoms with Crippen LogP contribution >= 0.6 is 0 Å². The van der Waals surface area contributed by atoms with E-state index in [0.717, 1.165) is 16.7 Å². The Balaban J connectivity index is 1.50. The van der Waals surface area contributed by atoms with E-state index in [0.29, 0.717) is 5.69 Å². The third-order valence-corrected chi connectivity index (χ3v) is 3.85. The Morgan fingerprint density at radius 3 is 2.11 bits per heavy atom. The fraction of sp³-hybridized carbons (Fsp3) is 0.0952.